The number of benzene rings is 3. The van der Waals surface area contributed by atoms with Crippen molar-refractivity contribution in [1.82, 2.24) is 10.3 Å². The lowest BCUT2D eigenvalue weighted by Gasteiger charge is -2.13. The van der Waals surface area contributed by atoms with Crippen molar-refractivity contribution in [3.63, 3.8) is 0 Å². The van der Waals surface area contributed by atoms with Crippen molar-refractivity contribution in [2.75, 3.05) is 11.9 Å². The van der Waals surface area contributed by atoms with Gasteiger partial charge in [-0.1, -0.05) is 35.3 Å². The number of nitrogens with one attached hydrogen (secondary N) is 3. The minimum atomic E-state index is -0.766. The van der Waals surface area contributed by atoms with Crippen LogP contribution in [0.15, 0.2) is 54.6 Å². The zero-order valence-corrected chi connectivity index (χ0v) is 20.0. The van der Waals surface area contributed by atoms with Gasteiger partial charge in [0.25, 0.3) is 5.91 Å². The molecule has 3 aromatic carbocycles. The molecule has 11 heteroatoms. The summed E-state index contributed by atoms with van der Waals surface area (Å²) in [7, 11) is 0. The summed E-state index contributed by atoms with van der Waals surface area (Å²) in [5.41, 5.74) is 7.09. The first kappa shape index (κ1) is 25.0. The van der Waals surface area contributed by atoms with E-state index in [2.05, 4.69) is 15.6 Å². The molecule has 0 saturated carbocycles. The zero-order chi connectivity index (χ0) is 25.8. The summed E-state index contributed by atoms with van der Waals surface area (Å²) >= 11 is 12.1. The monoisotopic (exact) mass is 525 g/mol. The predicted octanol–water partition coefficient (Wildman–Crippen LogP) is 5.10. The quantitative estimate of drug-likeness (QED) is 0.266. The summed E-state index contributed by atoms with van der Waals surface area (Å²) in [5, 5.41) is 15.4. The maximum absolute atomic E-state index is 15.2. The average molecular weight is 526 g/mol. The number of nitrogens with zero attached hydrogens (tertiary/aromatic N) is 1. The Kier molecular flexibility index (Phi) is 7.41. The van der Waals surface area contributed by atoms with Crippen LogP contribution in [0.1, 0.15) is 21.6 Å². The van der Waals surface area contributed by atoms with Crippen molar-refractivity contribution in [2.24, 2.45) is 5.73 Å². The highest BCUT2D eigenvalue weighted by atomic mass is 35.5. The van der Waals surface area contributed by atoms with E-state index >= 15 is 4.39 Å². The van der Waals surface area contributed by atoms with Crippen LogP contribution in [0.4, 0.5) is 10.1 Å². The number of nitrogens with two attached hydrogens (primary N) is 1. The standard InChI is InChI=1S/C25H18Cl2FN5O3/c26-16-5-13(10-29)6-18(8-16)36-24-19(27)4-2-15(23(24)28)12-31-25(35)21-7-14-1-3-17(9-20(14)33-21)32-22(34)11-30/h1-9,33H,11-12,30H2,(H,31,35)(H,32,34). The van der Waals surface area contributed by atoms with E-state index < -0.39 is 11.7 Å². The molecule has 0 unspecified atom stereocenters. The second kappa shape index (κ2) is 10.7. The molecule has 5 N–H and O–H groups in total. The van der Waals surface area contributed by atoms with Gasteiger partial charge in [0, 0.05) is 33.7 Å². The third kappa shape index (κ3) is 5.58. The molecule has 4 rings (SSSR count). The molecule has 1 heterocycles. The van der Waals surface area contributed by atoms with Crippen molar-refractivity contribution in [3.8, 4) is 17.6 Å². The van der Waals surface area contributed by atoms with Crippen LogP contribution in [0.5, 0.6) is 11.5 Å². The Bertz CT molecular complexity index is 1530. The van der Waals surface area contributed by atoms with E-state index in [9.17, 15) is 9.59 Å². The highest BCUT2D eigenvalue weighted by Crippen LogP contribution is 2.35. The highest BCUT2D eigenvalue weighted by molar-refractivity contribution is 6.32. The molecule has 4 aromatic rings. The molecule has 0 aliphatic heterocycles. The third-order valence-electron chi connectivity index (χ3n) is 5.12. The van der Waals surface area contributed by atoms with E-state index in [4.69, 9.17) is 38.9 Å². The molecule has 2 amide bonds. The Morgan fingerprint density at radius 2 is 1.92 bits per heavy atom. The van der Waals surface area contributed by atoms with Crippen LogP contribution < -0.4 is 21.1 Å². The first-order valence-corrected chi connectivity index (χ1v) is 11.3. The summed E-state index contributed by atoms with van der Waals surface area (Å²) < 4.78 is 20.8. The number of aromatic amines is 1. The van der Waals surface area contributed by atoms with Gasteiger partial charge >= 0.3 is 0 Å². The molecule has 0 atom stereocenters. The molecule has 1 aromatic heterocycles. The number of aromatic nitrogens is 1. The van der Waals surface area contributed by atoms with E-state index in [1.807, 2.05) is 6.07 Å². The molecule has 0 aliphatic carbocycles. The molecule has 0 fully saturated rings. The van der Waals surface area contributed by atoms with Crippen LogP contribution in [-0.4, -0.2) is 23.3 Å². The summed E-state index contributed by atoms with van der Waals surface area (Å²) in [6.07, 6.45) is 0. The Labute approximate surface area is 214 Å². The van der Waals surface area contributed by atoms with E-state index in [1.54, 1.807) is 24.3 Å². The van der Waals surface area contributed by atoms with Crippen molar-refractivity contribution in [2.45, 2.75) is 6.54 Å². The lowest BCUT2D eigenvalue weighted by molar-refractivity contribution is -0.114. The fraction of sp³-hybridized carbons (Fsp3) is 0.0800. The zero-order valence-electron chi connectivity index (χ0n) is 18.5. The average Bonchev–Trinajstić information content (AvgIpc) is 3.29. The van der Waals surface area contributed by atoms with Crippen LogP contribution in [0.25, 0.3) is 10.9 Å². The molecule has 36 heavy (non-hydrogen) atoms. The van der Waals surface area contributed by atoms with Gasteiger partial charge in [-0.05, 0) is 42.5 Å². The Hall–Kier alpha value is -4.10. The molecule has 0 spiro atoms. The second-order valence-electron chi connectivity index (χ2n) is 7.66. The van der Waals surface area contributed by atoms with Gasteiger partial charge in [-0.3, -0.25) is 9.59 Å². The lowest BCUT2D eigenvalue weighted by Crippen LogP contribution is -2.23. The second-order valence-corrected chi connectivity index (χ2v) is 8.50. The van der Waals surface area contributed by atoms with Crippen molar-refractivity contribution in [1.29, 1.82) is 5.26 Å². The number of ether oxygens (including phenoxy) is 1. The van der Waals surface area contributed by atoms with Gasteiger partial charge in [0.15, 0.2) is 11.6 Å². The van der Waals surface area contributed by atoms with Crippen LogP contribution in [0.2, 0.25) is 10.0 Å². The molecule has 0 radical (unpaired) electrons. The smallest absolute Gasteiger partial charge is 0.267 e. The number of carbonyl (C=O) groups is 2. The minimum Gasteiger partial charge on any atom is -0.453 e. The lowest BCUT2D eigenvalue weighted by atomic mass is 10.2. The number of rotatable bonds is 7. The molecule has 8 nitrogen and oxygen atoms in total. The SMILES string of the molecule is N#Cc1cc(Cl)cc(Oc2c(Cl)ccc(CNC(=O)c3cc4ccc(NC(=O)CN)cc4[nH]3)c2F)c1. The fourth-order valence-electron chi connectivity index (χ4n) is 3.42. The summed E-state index contributed by atoms with van der Waals surface area (Å²) in [6.45, 7) is -0.297. The van der Waals surface area contributed by atoms with Crippen molar-refractivity contribution < 1.29 is 18.7 Å². The predicted molar refractivity (Wildman–Crippen MR) is 135 cm³/mol. The van der Waals surface area contributed by atoms with Crippen LogP contribution in [0.3, 0.4) is 0 Å². The number of halogens is 3. The van der Waals surface area contributed by atoms with E-state index in [0.717, 1.165) is 5.39 Å². The topological polar surface area (TPSA) is 133 Å². The largest absolute Gasteiger partial charge is 0.453 e. The van der Waals surface area contributed by atoms with Gasteiger partial charge < -0.3 is 26.1 Å². The number of anilines is 1. The van der Waals surface area contributed by atoms with Crippen LogP contribution in [0, 0.1) is 17.1 Å². The Balaban J connectivity index is 1.50. The third-order valence-corrected chi connectivity index (χ3v) is 5.64. The van der Waals surface area contributed by atoms with E-state index in [0.29, 0.717) is 11.2 Å². The minimum absolute atomic E-state index is 0.00853. The maximum atomic E-state index is 15.2. The first-order chi connectivity index (χ1) is 17.3. The number of amides is 2. The number of nitriles is 1. The number of hydrogen-bond donors (Lipinski definition) is 4. The number of hydrogen-bond acceptors (Lipinski definition) is 5. The number of H-pyrrole nitrogens is 1. The molecule has 0 bridgehead atoms. The van der Waals surface area contributed by atoms with Gasteiger partial charge in [0.05, 0.1) is 23.2 Å². The summed E-state index contributed by atoms with van der Waals surface area (Å²) in [6, 6.07) is 15.8. The molecular weight excluding hydrogens is 508 g/mol. The first-order valence-electron chi connectivity index (χ1n) is 10.5. The highest BCUT2D eigenvalue weighted by Gasteiger charge is 2.17. The summed E-state index contributed by atoms with van der Waals surface area (Å²) in [5.74, 6) is -1.69. The molecular formula is C25H18Cl2FN5O3. The van der Waals surface area contributed by atoms with Gasteiger partial charge in [-0.25, -0.2) is 4.39 Å². The summed E-state index contributed by atoms with van der Waals surface area (Å²) in [4.78, 5) is 27.2. The maximum Gasteiger partial charge on any atom is 0.267 e. The van der Waals surface area contributed by atoms with Crippen LogP contribution in [-0.2, 0) is 11.3 Å². The molecule has 0 aliphatic rings. The molecule has 0 saturated heterocycles. The van der Waals surface area contributed by atoms with E-state index in [-0.39, 0.29) is 57.4 Å². The number of fused-ring (bicyclic) bond motifs is 1. The van der Waals surface area contributed by atoms with Crippen molar-refractivity contribution in [3.05, 3.63) is 87.3 Å². The van der Waals surface area contributed by atoms with Crippen molar-refractivity contribution >= 4 is 51.6 Å². The fourth-order valence-corrected chi connectivity index (χ4v) is 3.83. The van der Waals surface area contributed by atoms with Gasteiger partial charge in [-0.15, -0.1) is 0 Å². The molecule has 182 valence electrons. The van der Waals surface area contributed by atoms with Gasteiger partial charge in [0.2, 0.25) is 5.91 Å². The van der Waals surface area contributed by atoms with Gasteiger partial charge in [-0.2, -0.15) is 5.26 Å². The Morgan fingerprint density at radius 3 is 2.67 bits per heavy atom. The Morgan fingerprint density at radius 1 is 1.11 bits per heavy atom. The normalized spacial score (nSPS) is 10.6. The van der Waals surface area contributed by atoms with Gasteiger partial charge in [0.1, 0.15) is 11.4 Å². The van der Waals surface area contributed by atoms with Crippen LogP contribution >= 0.6 is 23.2 Å². The number of carbonyl (C=O) groups excluding carboxylic acids is 2. The van der Waals surface area contributed by atoms with E-state index in [1.165, 1.54) is 30.3 Å².